The van der Waals surface area contributed by atoms with Crippen molar-refractivity contribution in [3.8, 4) is 23.9 Å². The van der Waals surface area contributed by atoms with Crippen molar-refractivity contribution >= 4 is 5.97 Å². The van der Waals surface area contributed by atoms with Crippen LogP contribution in [0.3, 0.4) is 0 Å². The van der Waals surface area contributed by atoms with Gasteiger partial charge in [-0.05, 0) is 49.9 Å². The summed E-state index contributed by atoms with van der Waals surface area (Å²) in [6, 6.07) is 7.41. The van der Waals surface area contributed by atoms with Gasteiger partial charge >= 0.3 is 5.97 Å². The molecule has 0 bridgehead atoms. The highest BCUT2D eigenvalue weighted by Gasteiger charge is 2.27. The summed E-state index contributed by atoms with van der Waals surface area (Å²) in [5.74, 6) is 8.68. The number of aliphatic carboxylic acids is 1. The molecule has 3 nitrogen and oxygen atoms in total. The number of unbranched alkanes of at least 4 members (excludes halogenated alkanes) is 48. The van der Waals surface area contributed by atoms with E-state index in [0.717, 1.165) is 38.6 Å². The van der Waals surface area contributed by atoms with Gasteiger partial charge in [0.2, 0.25) is 0 Å². The maximum absolute atomic E-state index is 11.4. The Hall–Kier alpha value is -1.61. The molecule has 0 fully saturated rings. The molecule has 0 amide bonds. The highest BCUT2D eigenvalue weighted by Crippen LogP contribution is 2.35. The van der Waals surface area contributed by atoms with Crippen LogP contribution < -0.4 is 0 Å². The summed E-state index contributed by atoms with van der Waals surface area (Å²) in [7, 11) is 0. The van der Waals surface area contributed by atoms with Crippen LogP contribution >= 0.6 is 0 Å². The van der Waals surface area contributed by atoms with E-state index in [9.17, 15) is 9.90 Å². The van der Waals surface area contributed by atoms with Gasteiger partial charge in [0.05, 0.1) is 0 Å². The van der Waals surface area contributed by atoms with Gasteiger partial charge in [-0.2, -0.15) is 0 Å². The summed E-state index contributed by atoms with van der Waals surface area (Å²) in [5, 5.41) is 9.35. The number of carbonyl (C=O) groups is 1. The molecular formula is C71H135NO2. The van der Waals surface area contributed by atoms with Gasteiger partial charge in [-0.25, -0.2) is 0 Å². The van der Waals surface area contributed by atoms with E-state index < -0.39 is 5.97 Å². The summed E-state index contributed by atoms with van der Waals surface area (Å²) < 4.78 is 0. The zero-order chi connectivity index (χ0) is 53.7. The molecule has 0 saturated heterocycles. The molecule has 0 aliphatic heterocycles. The molecule has 0 aliphatic rings. The lowest BCUT2D eigenvalue weighted by molar-refractivity contribution is -0.137. The first-order valence-corrected chi connectivity index (χ1v) is 34.5. The second-order valence-electron chi connectivity index (χ2n) is 24.2. The van der Waals surface area contributed by atoms with E-state index in [1.165, 1.54) is 327 Å². The lowest BCUT2D eigenvalue weighted by atomic mass is 9.74. The highest BCUT2D eigenvalue weighted by molar-refractivity contribution is 5.66. The first kappa shape index (κ1) is 72.4. The van der Waals surface area contributed by atoms with Crippen molar-refractivity contribution in [2.24, 2.45) is 17.8 Å². The maximum atomic E-state index is 11.4. The Morgan fingerprint density at radius 3 is 0.905 bits per heavy atom. The number of carboxylic acid groups (broad SMARTS) is 1. The Balaban J connectivity index is 5.90. The molecule has 0 aliphatic carbocycles. The highest BCUT2D eigenvalue weighted by atomic mass is 16.4. The minimum Gasteiger partial charge on any atom is -0.481 e. The molecule has 0 saturated carbocycles. The summed E-state index contributed by atoms with van der Waals surface area (Å²) >= 11 is 0. The molecule has 3 heteroatoms. The van der Waals surface area contributed by atoms with Gasteiger partial charge in [0.1, 0.15) is 0 Å². The Kier molecular flexibility index (Phi) is 60.9. The predicted molar refractivity (Wildman–Crippen MR) is 332 cm³/mol. The van der Waals surface area contributed by atoms with Crippen LogP contribution in [0.4, 0.5) is 0 Å². The van der Waals surface area contributed by atoms with Crippen LogP contribution in [0.5, 0.6) is 0 Å². The number of hydrogen-bond acceptors (Lipinski definition) is 2. The van der Waals surface area contributed by atoms with E-state index in [2.05, 4.69) is 63.4 Å². The first-order chi connectivity index (χ1) is 36.5. The van der Waals surface area contributed by atoms with E-state index in [4.69, 9.17) is 0 Å². The van der Waals surface area contributed by atoms with Crippen LogP contribution in [0, 0.1) is 41.7 Å². The Labute approximate surface area is 467 Å². The predicted octanol–water partition coefficient (Wildman–Crippen LogP) is 24.5. The minimum atomic E-state index is -0.652. The van der Waals surface area contributed by atoms with Gasteiger partial charge in [-0.3, -0.25) is 9.69 Å². The Bertz CT molecular complexity index is 1170. The van der Waals surface area contributed by atoms with Crippen molar-refractivity contribution in [3.05, 3.63) is 0 Å². The quantitative estimate of drug-likeness (QED) is 0.0375. The van der Waals surface area contributed by atoms with E-state index >= 15 is 0 Å². The lowest BCUT2D eigenvalue weighted by Crippen LogP contribution is -2.31. The van der Waals surface area contributed by atoms with Gasteiger partial charge in [0.25, 0.3) is 0 Å². The zero-order valence-electron chi connectivity index (χ0n) is 51.5. The largest absolute Gasteiger partial charge is 0.481 e. The third kappa shape index (κ3) is 55.2. The smallest absolute Gasteiger partial charge is 0.303 e. The second-order valence-corrected chi connectivity index (χ2v) is 24.2. The zero-order valence-corrected chi connectivity index (χ0v) is 51.5. The van der Waals surface area contributed by atoms with Crippen LogP contribution in [0.1, 0.15) is 401 Å². The number of carboxylic acids is 1. The molecule has 3 unspecified atom stereocenters. The van der Waals surface area contributed by atoms with Gasteiger partial charge in [0.15, 0.2) is 0 Å². The standard InChI is InChI=1S/C71H135NO2/c1-6-10-14-18-22-26-30-33-36-39-43-47-53-59-65-72(66-60-54-48-44-40-37-34-31-27-23-19-15-11-7-2)67-69(62-56-51-52-58-64-71(73)74)70(68(5)61-55-49-45-41-29-25-21-17-13-9-4)63-57-50-46-42-38-35-32-28-24-20-16-12-8-3/h68-70H,6-58,61-64,67H2,1-5H3,(H,73,74). The van der Waals surface area contributed by atoms with Gasteiger partial charge < -0.3 is 5.11 Å². The monoisotopic (exact) mass is 1030 g/mol. The Morgan fingerprint density at radius 2 is 0.595 bits per heavy atom. The van der Waals surface area contributed by atoms with Crippen LogP contribution in [-0.2, 0) is 4.79 Å². The van der Waals surface area contributed by atoms with Crippen molar-refractivity contribution in [1.82, 2.24) is 4.90 Å². The lowest BCUT2D eigenvalue weighted by Gasteiger charge is -2.34. The topological polar surface area (TPSA) is 40.5 Å². The van der Waals surface area contributed by atoms with Crippen molar-refractivity contribution < 1.29 is 9.90 Å². The summed E-state index contributed by atoms with van der Waals surface area (Å²) in [5.41, 5.74) is 0. The van der Waals surface area contributed by atoms with E-state index in [-0.39, 0.29) is 0 Å². The fourth-order valence-electron chi connectivity index (χ4n) is 11.8. The molecule has 74 heavy (non-hydrogen) atoms. The third-order valence-electron chi connectivity index (χ3n) is 16.9. The van der Waals surface area contributed by atoms with Gasteiger partial charge in [-0.15, -0.1) is 0 Å². The van der Waals surface area contributed by atoms with Crippen LogP contribution in [0.15, 0.2) is 0 Å². The minimum absolute atomic E-state index is 0.304. The Morgan fingerprint density at radius 1 is 0.338 bits per heavy atom. The SMILES string of the molecule is CCCCCCCCCCCCCCC#CN(C#CCCCCCCCCCCCCCC)CC(CCCCCCC(=O)O)C(CCCCCCCCCCCCCCC)C(C)CCCCCCCCCCCC. The average Bonchev–Trinajstić information content (AvgIpc) is 3.39. The van der Waals surface area contributed by atoms with Crippen LogP contribution in [0.25, 0.3) is 0 Å². The van der Waals surface area contributed by atoms with E-state index in [0.29, 0.717) is 24.2 Å². The fourth-order valence-corrected chi connectivity index (χ4v) is 11.8. The molecule has 0 aromatic rings. The summed E-state index contributed by atoms with van der Waals surface area (Å²) in [6.45, 7) is 12.8. The van der Waals surface area contributed by atoms with Crippen molar-refractivity contribution in [2.45, 2.75) is 401 Å². The average molecular weight is 1030 g/mol. The van der Waals surface area contributed by atoms with Crippen molar-refractivity contribution in [2.75, 3.05) is 6.54 Å². The van der Waals surface area contributed by atoms with Gasteiger partial charge in [-0.1, -0.05) is 361 Å². The number of rotatable bonds is 60. The maximum Gasteiger partial charge on any atom is 0.303 e. The molecule has 1 N–H and O–H groups in total. The molecule has 436 valence electrons. The molecule has 0 aromatic carbocycles. The molecule has 0 radical (unpaired) electrons. The van der Waals surface area contributed by atoms with Crippen molar-refractivity contribution in [3.63, 3.8) is 0 Å². The molecule has 3 atom stereocenters. The molecular weight excluding hydrogens is 899 g/mol. The molecule has 0 heterocycles. The number of nitrogens with zero attached hydrogens (tertiary/aromatic N) is 1. The van der Waals surface area contributed by atoms with Crippen LogP contribution in [-0.4, -0.2) is 22.5 Å². The van der Waals surface area contributed by atoms with E-state index in [1.807, 2.05) is 0 Å². The summed E-state index contributed by atoms with van der Waals surface area (Å²) in [6.07, 6.45) is 75.8. The fraction of sp³-hybridized carbons (Fsp3) is 0.930. The van der Waals surface area contributed by atoms with Crippen molar-refractivity contribution in [1.29, 1.82) is 0 Å². The molecule has 0 spiro atoms. The van der Waals surface area contributed by atoms with Gasteiger partial charge in [0, 0.05) is 37.9 Å². The first-order valence-electron chi connectivity index (χ1n) is 34.5. The molecule has 0 aromatic heterocycles. The summed E-state index contributed by atoms with van der Waals surface area (Å²) in [4.78, 5) is 13.6. The second kappa shape index (κ2) is 62.2. The van der Waals surface area contributed by atoms with Crippen LogP contribution in [0.2, 0.25) is 0 Å². The van der Waals surface area contributed by atoms with E-state index in [1.54, 1.807) is 0 Å². The third-order valence-corrected chi connectivity index (χ3v) is 16.9. The molecule has 0 rings (SSSR count). The normalized spacial score (nSPS) is 12.6. The number of hydrogen-bond donors (Lipinski definition) is 1.